The third kappa shape index (κ3) is 3.21. The fraction of sp³-hybridized carbons (Fsp3) is 0.0833. The molecule has 2 rings (SSSR count). The van der Waals surface area contributed by atoms with Crippen molar-refractivity contribution in [3.05, 3.63) is 51.1 Å². The van der Waals surface area contributed by atoms with Gasteiger partial charge in [0.05, 0.1) is 15.1 Å². The first-order valence-electron chi connectivity index (χ1n) is 4.93. The van der Waals surface area contributed by atoms with Gasteiger partial charge < -0.3 is 4.74 Å². The third-order valence-corrected chi connectivity index (χ3v) is 3.53. The van der Waals surface area contributed by atoms with Gasteiger partial charge in [0.1, 0.15) is 5.75 Å². The molecule has 0 radical (unpaired) electrons. The highest BCUT2D eigenvalue weighted by molar-refractivity contribution is 6.42. The Morgan fingerprint density at radius 1 is 1.00 bits per heavy atom. The van der Waals surface area contributed by atoms with Crippen molar-refractivity contribution in [3.8, 4) is 11.6 Å². The molecule has 1 aromatic heterocycles. The Hall–Kier alpha value is -0.670. The number of rotatable bonds is 3. The molecule has 0 saturated heterocycles. The minimum Gasteiger partial charge on any atom is -0.439 e. The van der Waals surface area contributed by atoms with E-state index in [0.717, 1.165) is 5.56 Å². The molecule has 0 bridgehead atoms. The zero-order valence-corrected chi connectivity index (χ0v) is 12.0. The van der Waals surface area contributed by atoms with E-state index in [9.17, 15) is 0 Å². The van der Waals surface area contributed by atoms with Crippen LogP contribution in [-0.2, 0) is 5.88 Å². The van der Waals surface area contributed by atoms with Crippen molar-refractivity contribution in [2.75, 3.05) is 0 Å². The van der Waals surface area contributed by atoms with Crippen molar-refractivity contribution in [1.82, 2.24) is 4.98 Å². The third-order valence-electron chi connectivity index (χ3n) is 2.17. The molecule has 2 aromatic rings. The molecular weight excluding hydrogens is 316 g/mol. The number of nitrogens with zero attached hydrogens (tertiary/aromatic N) is 1. The molecule has 0 atom stereocenters. The summed E-state index contributed by atoms with van der Waals surface area (Å²) in [6.45, 7) is 0. The molecule has 0 N–H and O–H groups in total. The number of hydrogen-bond acceptors (Lipinski definition) is 2. The highest BCUT2D eigenvalue weighted by atomic mass is 35.5. The largest absolute Gasteiger partial charge is 0.439 e. The van der Waals surface area contributed by atoms with Gasteiger partial charge in [0.25, 0.3) is 0 Å². The molecule has 0 amide bonds. The van der Waals surface area contributed by atoms with E-state index in [4.69, 9.17) is 51.1 Å². The molecular formula is C12H7Cl4NO. The van der Waals surface area contributed by atoms with Crippen LogP contribution in [0.4, 0.5) is 0 Å². The molecule has 0 unspecified atom stereocenters. The van der Waals surface area contributed by atoms with Crippen LogP contribution in [-0.4, -0.2) is 4.98 Å². The van der Waals surface area contributed by atoms with E-state index in [0.29, 0.717) is 32.6 Å². The summed E-state index contributed by atoms with van der Waals surface area (Å²) in [6, 6.07) is 6.64. The molecule has 1 heterocycles. The smallest absolute Gasteiger partial charge is 0.219 e. The number of alkyl halides is 1. The van der Waals surface area contributed by atoms with Gasteiger partial charge in [-0.2, -0.15) is 0 Å². The van der Waals surface area contributed by atoms with Crippen molar-refractivity contribution in [2.45, 2.75) is 5.88 Å². The molecule has 0 saturated carbocycles. The Kier molecular flexibility index (Phi) is 4.57. The fourth-order valence-electron chi connectivity index (χ4n) is 1.28. The first kappa shape index (κ1) is 13.8. The maximum atomic E-state index is 5.90. The number of aromatic nitrogens is 1. The van der Waals surface area contributed by atoms with Crippen LogP contribution >= 0.6 is 46.4 Å². The van der Waals surface area contributed by atoms with Crippen LogP contribution in [0.5, 0.6) is 11.6 Å². The topological polar surface area (TPSA) is 22.1 Å². The van der Waals surface area contributed by atoms with Crippen LogP contribution in [0.25, 0.3) is 0 Å². The second kappa shape index (κ2) is 5.98. The highest BCUT2D eigenvalue weighted by Crippen LogP contribution is 2.30. The summed E-state index contributed by atoms with van der Waals surface area (Å²) < 4.78 is 5.54. The van der Waals surface area contributed by atoms with Crippen LogP contribution in [0.15, 0.2) is 30.5 Å². The van der Waals surface area contributed by atoms with Crippen LogP contribution in [0.1, 0.15) is 5.56 Å². The number of halogens is 4. The van der Waals surface area contributed by atoms with Crippen molar-refractivity contribution in [2.24, 2.45) is 0 Å². The van der Waals surface area contributed by atoms with Crippen LogP contribution in [0.2, 0.25) is 15.1 Å². The van der Waals surface area contributed by atoms with Crippen molar-refractivity contribution >= 4 is 46.4 Å². The van der Waals surface area contributed by atoms with Crippen LogP contribution in [0, 0.1) is 0 Å². The number of benzene rings is 1. The molecule has 0 aliphatic rings. The molecule has 6 heteroatoms. The Balaban J connectivity index is 2.25. The first-order valence-corrected chi connectivity index (χ1v) is 6.60. The van der Waals surface area contributed by atoms with Crippen LogP contribution < -0.4 is 4.74 Å². The zero-order valence-electron chi connectivity index (χ0n) is 8.96. The molecule has 18 heavy (non-hydrogen) atoms. The van der Waals surface area contributed by atoms with Crippen molar-refractivity contribution in [3.63, 3.8) is 0 Å². The molecule has 1 aromatic carbocycles. The SMILES string of the molecule is ClCc1cc(Oc2ccc(Cl)c(Cl)c2)ncc1Cl. The Labute approximate surface area is 124 Å². The van der Waals surface area contributed by atoms with Gasteiger partial charge in [-0.3, -0.25) is 0 Å². The van der Waals surface area contributed by atoms with Gasteiger partial charge in [-0.1, -0.05) is 34.8 Å². The Morgan fingerprint density at radius 2 is 1.78 bits per heavy atom. The van der Waals surface area contributed by atoms with E-state index in [1.165, 1.54) is 6.20 Å². The lowest BCUT2D eigenvalue weighted by atomic mass is 10.3. The summed E-state index contributed by atoms with van der Waals surface area (Å²) >= 11 is 23.4. The van der Waals surface area contributed by atoms with E-state index in [1.54, 1.807) is 24.3 Å². The van der Waals surface area contributed by atoms with E-state index in [1.807, 2.05) is 0 Å². The maximum Gasteiger partial charge on any atom is 0.219 e. The summed E-state index contributed by atoms with van der Waals surface area (Å²) in [4.78, 5) is 4.05. The first-order chi connectivity index (χ1) is 8.60. The normalized spacial score (nSPS) is 10.4. The van der Waals surface area contributed by atoms with Gasteiger partial charge in [0.15, 0.2) is 0 Å². The lowest BCUT2D eigenvalue weighted by Crippen LogP contribution is -1.90. The zero-order chi connectivity index (χ0) is 13.1. The van der Waals surface area contributed by atoms with Crippen LogP contribution in [0.3, 0.4) is 0 Å². The highest BCUT2D eigenvalue weighted by Gasteiger charge is 2.06. The summed E-state index contributed by atoms with van der Waals surface area (Å²) in [5, 5.41) is 1.39. The van der Waals surface area contributed by atoms with Crippen molar-refractivity contribution in [1.29, 1.82) is 0 Å². The minimum absolute atomic E-state index is 0.291. The molecule has 0 spiro atoms. The Morgan fingerprint density at radius 3 is 2.44 bits per heavy atom. The summed E-state index contributed by atoms with van der Waals surface area (Å²) in [5.74, 6) is 1.23. The number of hydrogen-bond donors (Lipinski definition) is 0. The number of ether oxygens (including phenoxy) is 1. The lowest BCUT2D eigenvalue weighted by molar-refractivity contribution is 0.462. The van der Waals surface area contributed by atoms with Gasteiger partial charge in [0.2, 0.25) is 5.88 Å². The summed E-state index contributed by atoms with van der Waals surface area (Å²) in [6.07, 6.45) is 1.49. The lowest BCUT2D eigenvalue weighted by Gasteiger charge is -2.07. The summed E-state index contributed by atoms with van der Waals surface area (Å²) in [5.41, 5.74) is 0.753. The molecule has 0 fully saturated rings. The van der Waals surface area contributed by atoms with E-state index in [-0.39, 0.29) is 0 Å². The van der Waals surface area contributed by atoms with E-state index >= 15 is 0 Å². The molecule has 94 valence electrons. The van der Waals surface area contributed by atoms with E-state index < -0.39 is 0 Å². The van der Waals surface area contributed by atoms with Gasteiger partial charge >= 0.3 is 0 Å². The summed E-state index contributed by atoms with van der Waals surface area (Å²) in [7, 11) is 0. The monoisotopic (exact) mass is 321 g/mol. The second-order valence-electron chi connectivity index (χ2n) is 3.43. The molecule has 0 aliphatic heterocycles. The average Bonchev–Trinajstić information content (AvgIpc) is 2.36. The number of pyridine rings is 1. The minimum atomic E-state index is 0.291. The van der Waals surface area contributed by atoms with Gasteiger partial charge in [0, 0.05) is 24.2 Å². The Bertz CT molecular complexity index is 574. The fourth-order valence-corrected chi connectivity index (χ4v) is 2.03. The maximum absolute atomic E-state index is 5.90. The van der Waals surface area contributed by atoms with E-state index in [2.05, 4.69) is 4.98 Å². The molecule has 0 aliphatic carbocycles. The quantitative estimate of drug-likeness (QED) is 0.689. The average molecular weight is 323 g/mol. The predicted molar refractivity (Wildman–Crippen MR) is 75.3 cm³/mol. The molecule has 2 nitrogen and oxygen atoms in total. The standard InChI is InChI=1S/C12H7Cl4NO/c13-5-7-3-12(17-6-11(7)16)18-8-1-2-9(14)10(15)4-8/h1-4,6H,5H2. The van der Waals surface area contributed by atoms with Gasteiger partial charge in [-0.05, 0) is 17.7 Å². The predicted octanol–water partition coefficient (Wildman–Crippen LogP) is 5.57. The van der Waals surface area contributed by atoms with Gasteiger partial charge in [-0.15, -0.1) is 11.6 Å². The van der Waals surface area contributed by atoms with Gasteiger partial charge in [-0.25, -0.2) is 4.98 Å². The second-order valence-corrected chi connectivity index (χ2v) is 4.91. The van der Waals surface area contributed by atoms with Crippen molar-refractivity contribution < 1.29 is 4.74 Å².